The van der Waals surface area contributed by atoms with Crippen molar-refractivity contribution in [1.29, 1.82) is 0 Å². The van der Waals surface area contributed by atoms with E-state index in [1.54, 1.807) is 0 Å². The van der Waals surface area contributed by atoms with Gasteiger partial charge in [0.1, 0.15) is 0 Å². The first-order valence-corrected chi connectivity index (χ1v) is 5.82. The van der Waals surface area contributed by atoms with E-state index in [-0.39, 0.29) is 0 Å². The minimum absolute atomic E-state index is 1.03. The lowest BCUT2D eigenvalue weighted by Crippen LogP contribution is -2.17. The van der Waals surface area contributed by atoms with Crippen LogP contribution >= 0.6 is 7.60 Å². The molecule has 0 saturated carbocycles. The Bertz CT molecular complexity index is 204. The van der Waals surface area contributed by atoms with Crippen molar-refractivity contribution in [2.75, 3.05) is 34.5 Å². The summed E-state index contributed by atoms with van der Waals surface area (Å²) < 4.78 is 14.0. The fourth-order valence-corrected chi connectivity index (χ4v) is 0.674. The largest absolute Gasteiger partial charge is 0.362 e. The molecule has 0 aromatic rings. The lowest BCUT2D eigenvalue weighted by Gasteiger charge is -2.10. The van der Waals surface area contributed by atoms with Crippen LogP contribution in [0.1, 0.15) is 0 Å². The zero-order valence-electron chi connectivity index (χ0n) is 8.47. The SMILES string of the molecule is CN1C=CN(C)C1.COP(C)(=O)O. The molecule has 1 N–H and O–H groups in total. The summed E-state index contributed by atoms with van der Waals surface area (Å²) in [5, 5.41) is 0. The van der Waals surface area contributed by atoms with Gasteiger partial charge in [-0.05, 0) is 0 Å². The van der Waals surface area contributed by atoms with E-state index in [1.807, 2.05) is 0 Å². The first-order valence-electron chi connectivity index (χ1n) is 3.80. The van der Waals surface area contributed by atoms with Crippen LogP contribution in [-0.2, 0) is 9.09 Å². The maximum absolute atomic E-state index is 9.92. The van der Waals surface area contributed by atoms with Crippen LogP contribution in [0.15, 0.2) is 12.4 Å². The molecule has 1 atom stereocenters. The van der Waals surface area contributed by atoms with Crippen molar-refractivity contribution in [1.82, 2.24) is 9.80 Å². The molecule has 0 aliphatic carbocycles. The maximum atomic E-state index is 9.92. The molecule has 0 spiro atoms. The molecule has 1 unspecified atom stereocenters. The van der Waals surface area contributed by atoms with Gasteiger partial charge in [0, 0.05) is 40.3 Å². The molecule has 0 fully saturated rings. The lowest BCUT2D eigenvalue weighted by molar-refractivity contribution is 0.322. The Kier molecular flexibility index (Phi) is 5.06. The summed E-state index contributed by atoms with van der Waals surface area (Å²) >= 11 is 0. The average Bonchev–Trinajstić information content (AvgIpc) is 2.34. The molecule has 0 aromatic carbocycles. The van der Waals surface area contributed by atoms with Crippen LogP contribution < -0.4 is 0 Å². The van der Waals surface area contributed by atoms with E-state index < -0.39 is 7.60 Å². The summed E-state index contributed by atoms with van der Waals surface area (Å²) in [7, 11) is 2.16. The van der Waals surface area contributed by atoms with Gasteiger partial charge in [-0.2, -0.15) is 0 Å². The highest BCUT2D eigenvalue weighted by Crippen LogP contribution is 2.34. The first-order chi connectivity index (χ1) is 5.85. The van der Waals surface area contributed by atoms with Crippen molar-refractivity contribution >= 4 is 7.60 Å². The summed E-state index contributed by atoms with van der Waals surface area (Å²) in [6.45, 7) is 2.16. The van der Waals surface area contributed by atoms with Gasteiger partial charge in [-0.25, -0.2) is 0 Å². The minimum Gasteiger partial charge on any atom is -0.362 e. The Morgan fingerprint density at radius 2 is 1.69 bits per heavy atom. The van der Waals surface area contributed by atoms with Crippen molar-refractivity contribution < 1.29 is 14.0 Å². The summed E-state index contributed by atoms with van der Waals surface area (Å²) in [5.74, 6) is 0. The summed E-state index contributed by atoms with van der Waals surface area (Å²) in [4.78, 5) is 12.4. The molecule has 6 heteroatoms. The fraction of sp³-hybridized carbons (Fsp3) is 0.714. The van der Waals surface area contributed by atoms with Crippen LogP contribution in [0.3, 0.4) is 0 Å². The topological polar surface area (TPSA) is 53.0 Å². The van der Waals surface area contributed by atoms with Crippen molar-refractivity contribution in [3.05, 3.63) is 12.4 Å². The molecule has 0 bridgehead atoms. The van der Waals surface area contributed by atoms with Gasteiger partial charge in [-0.15, -0.1) is 0 Å². The number of hydrogen-bond acceptors (Lipinski definition) is 4. The van der Waals surface area contributed by atoms with Gasteiger partial charge in [0.15, 0.2) is 0 Å². The summed E-state index contributed by atoms with van der Waals surface area (Å²) in [6.07, 6.45) is 4.11. The molecule has 1 aliphatic heterocycles. The van der Waals surface area contributed by atoms with E-state index in [0.717, 1.165) is 13.3 Å². The van der Waals surface area contributed by atoms with Crippen molar-refractivity contribution in [2.45, 2.75) is 0 Å². The van der Waals surface area contributed by atoms with Crippen LogP contribution in [0.25, 0.3) is 0 Å². The maximum Gasteiger partial charge on any atom is 0.324 e. The third-order valence-electron chi connectivity index (χ3n) is 1.36. The molecule has 1 rings (SSSR count). The van der Waals surface area contributed by atoms with Gasteiger partial charge < -0.3 is 19.2 Å². The van der Waals surface area contributed by atoms with Crippen LogP contribution in [0.2, 0.25) is 0 Å². The Balaban J connectivity index is 0.000000226. The van der Waals surface area contributed by atoms with Crippen LogP contribution in [0, 0.1) is 0 Å². The Morgan fingerprint density at radius 3 is 1.77 bits per heavy atom. The molecule has 13 heavy (non-hydrogen) atoms. The molecule has 1 aliphatic rings. The van der Waals surface area contributed by atoms with Crippen molar-refractivity contribution in [3.63, 3.8) is 0 Å². The number of hydrogen-bond donors (Lipinski definition) is 1. The minimum atomic E-state index is -3.15. The normalized spacial score (nSPS) is 19.5. The molecule has 78 valence electrons. The van der Waals surface area contributed by atoms with Crippen molar-refractivity contribution in [3.8, 4) is 0 Å². The van der Waals surface area contributed by atoms with E-state index in [4.69, 9.17) is 4.89 Å². The Labute approximate surface area is 79.1 Å². The van der Waals surface area contributed by atoms with Gasteiger partial charge in [0.25, 0.3) is 0 Å². The Hall–Kier alpha value is -0.510. The molecule has 1 heterocycles. The molecule has 5 nitrogen and oxygen atoms in total. The zero-order valence-corrected chi connectivity index (χ0v) is 9.36. The van der Waals surface area contributed by atoms with Gasteiger partial charge in [-0.3, -0.25) is 4.57 Å². The van der Waals surface area contributed by atoms with Gasteiger partial charge in [0.2, 0.25) is 0 Å². The summed E-state index contributed by atoms with van der Waals surface area (Å²) in [6, 6.07) is 0. The van der Waals surface area contributed by atoms with Gasteiger partial charge >= 0.3 is 7.60 Å². The smallest absolute Gasteiger partial charge is 0.324 e. The highest BCUT2D eigenvalue weighted by atomic mass is 31.2. The molecule has 0 aromatic heterocycles. The zero-order chi connectivity index (χ0) is 10.5. The van der Waals surface area contributed by atoms with Crippen LogP contribution in [-0.4, -0.2) is 49.2 Å². The Morgan fingerprint density at radius 1 is 1.38 bits per heavy atom. The lowest BCUT2D eigenvalue weighted by atomic mass is 10.9. The highest BCUT2D eigenvalue weighted by molar-refractivity contribution is 7.51. The third-order valence-corrected chi connectivity index (χ3v) is 2.04. The third kappa shape index (κ3) is 7.84. The van der Waals surface area contributed by atoms with Crippen molar-refractivity contribution in [2.24, 2.45) is 0 Å². The van der Waals surface area contributed by atoms with E-state index >= 15 is 0 Å². The molecular weight excluding hydrogens is 191 g/mol. The quantitative estimate of drug-likeness (QED) is 0.644. The second-order valence-electron chi connectivity index (χ2n) is 2.94. The first kappa shape index (κ1) is 12.5. The standard InChI is InChI=1S/C5H10N2.C2H7O3P/c1-6-3-4-7(2)5-6;1-5-6(2,3)4/h3-4H,5H2,1-2H3;1-2H3,(H,3,4). The summed E-state index contributed by atoms with van der Waals surface area (Å²) in [5.41, 5.74) is 0. The van der Waals surface area contributed by atoms with Crippen LogP contribution in [0.4, 0.5) is 0 Å². The molecule has 0 radical (unpaired) electrons. The monoisotopic (exact) mass is 208 g/mol. The van der Waals surface area contributed by atoms with Gasteiger partial charge in [-0.1, -0.05) is 0 Å². The number of rotatable bonds is 1. The van der Waals surface area contributed by atoms with E-state index in [0.29, 0.717) is 0 Å². The fourth-order valence-electron chi connectivity index (χ4n) is 0.674. The van der Waals surface area contributed by atoms with E-state index in [2.05, 4.69) is 40.8 Å². The molecule has 0 saturated heterocycles. The van der Waals surface area contributed by atoms with Gasteiger partial charge in [0.05, 0.1) is 6.67 Å². The molecule has 0 amide bonds. The van der Waals surface area contributed by atoms with Crippen LogP contribution in [0.5, 0.6) is 0 Å². The highest BCUT2D eigenvalue weighted by Gasteiger charge is 2.02. The number of nitrogens with zero attached hydrogens (tertiary/aromatic N) is 2. The predicted octanol–water partition coefficient (Wildman–Crippen LogP) is 0.740. The predicted molar refractivity (Wildman–Crippen MR) is 52.3 cm³/mol. The second-order valence-corrected chi connectivity index (χ2v) is 4.91. The second kappa shape index (κ2) is 5.27. The molecular formula is C7H17N2O3P. The average molecular weight is 208 g/mol. The van der Waals surface area contributed by atoms with E-state index in [9.17, 15) is 4.57 Å². The van der Waals surface area contributed by atoms with E-state index in [1.165, 1.54) is 7.11 Å².